The molecule has 0 saturated carbocycles. The Morgan fingerprint density at radius 1 is 1.45 bits per heavy atom. The molecule has 0 aromatic heterocycles. The smallest absolute Gasteiger partial charge is 0.303 e. The van der Waals surface area contributed by atoms with Crippen molar-refractivity contribution < 1.29 is 9.90 Å². The third-order valence-corrected chi connectivity index (χ3v) is 0.843. The highest BCUT2D eigenvalue weighted by atomic mass is 79.9. The summed E-state index contributed by atoms with van der Waals surface area (Å²) in [6.45, 7) is 0.384. The summed E-state index contributed by atoms with van der Waals surface area (Å²) in [7, 11) is 0. The second kappa shape index (κ2) is 7.33. The van der Waals surface area contributed by atoms with Gasteiger partial charge in [-0.15, -0.1) is 17.0 Å². The Labute approximate surface area is 75.2 Å². The van der Waals surface area contributed by atoms with Crippen molar-refractivity contribution in [3.05, 3.63) is 0 Å². The van der Waals surface area contributed by atoms with Crippen molar-refractivity contribution in [3.8, 4) is 0 Å². The van der Waals surface area contributed by atoms with Crippen LogP contribution in [0.2, 0.25) is 0 Å². The lowest BCUT2D eigenvalue weighted by Crippen LogP contribution is -2.23. The van der Waals surface area contributed by atoms with Gasteiger partial charge in [0.1, 0.15) is 0 Å². The van der Waals surface area contributed by atoms with Crippen LogP contribution >= 0.6 is 17.0 Å². The minimum atomic E-state index is -0.828. The summed E-state index contributed by atoms with van der Waals surface area (Å²) in [5, 5.41) is 8.17. The van der Waals surface area contributed by atoms with Crippen LogP contribution in [0.15, 0.2) is 4.99 Å². The average molecular weight is 226 g/mol. The molecule has 0 saturated heterocycles. The summed E-state index contributed by atoms with van der Waals surface area (Å²) in [6.07, 6.45) is 0.587. The van der Waals surface area contributed by atoms with Gasteiger partial charge in [0.05, 0.1) is 0 Å². The van der Waals surface area contributed by atoms with E-state index < -0.39 is 5.97 Å². The van der Waals surface area contributed by atoms with Gasteiger partial charge in [-0.05, 0) is 6.42 Å². The highest BCUT2D eigenvalue weighted by Gasteiger charge is 1.93. The van der Waals surface area contributed by atoms with Gasteiger partial charge in [-0.2, -0.15) is 0 Å². The molecule has 5 nitrogen and oxygen atoms in total. The van der Waals surface area contributed by atoms with Crippen LogP contribution < -0.4 is 11.5 Å². The van der Waals surface area contributed by atoms with Gasteiger partial charge in [-0.1, -0.05) is 0 Å². The molecule has 6 heteroatoms. The monoisotopic (exact) mass is 225 g/mol. The van der Waals surface area contributed by atoms with Crippen molar-refractivity contribution in [2.24, 2.45) is 16.5 Å². The lowest BCUT2D eigenvalue weighted by molar-refractivity contribution is -0.137. The summed E-state index contributed by atoms with van der Waals surface area (Å²) in [6, 6.07) is 0. The Balaban J connectivity index is 0. The number of halogens is 1. The van der Waals surface area contributed by atoms with Crippen LogP contribution in [0, 0.1) is 0 Å². The van der Waals surface area contributed by atoms with E-state index in [1.807, 2.05) is 0 Å². The minimum Gasteiger partial charge on any atom is -0.481 e. The van der Waals surface area contributed by atoms with Gasteiger partial charge in [-0.3, -0.25) is 9.79 Å². The predicted octanol–water partition coefficient (Wildman–Crippen LogP) is -0.298. The normalized spacial score (nSPS) is 8.00. The van der Waals surface area contributed by atoms with Gasteiger partial charge < -0.3 is 16.6 Å². The first kappa shape index (κ1) is 12.9. The SMILES string of the molecule is Br.NC(N)=NCCCC(=O)O. The molecule has 0 aliphatic carbocycles. The molecule has 11 heavy (non-hydrogen) atoms. The molecule has 0 aliphatic rings. The van der Waals surface area contributed by atoms with Crippen molar-refractivity contribution in [1.29, 1.82) is 0 Å². The number of nitrogens with zero attached hydrogens (tertiary/aromatic N) is 1. The number of rotatable bonds is 4. The number of hydrogen-bond donors (Lipinski definition) is 3. The first-order valence-corrected chi connectivity index (χ1v) is 2.90. The van der Waals surface area contributed by atoms with Crippen molar-refractivity contribution >= 4 is 28.9 Å². The summed E-state index contributed by atoms with van der Waals surface area (Å²) in [5.41, 5.74) is 9.98. The topological polar surface area (TPSA) is 102 Å². The fourth-order valence-corrected chi connectivity index (χ4v) is 0.438. The Morgan fingerprint density at radius 3 is 2.36 bits per heavy atom. The summed E-state index contributed by atoms with van der Waals surface area (Å²) in [5.74, 6) is -0.823. The molecule has 0 spiro atoms. The van der Waals surface area contributed by atoms with Gasteiger partial charge in [0, 0.05) is 13.0 Å². The molecule has 0 unspecified atom stereocenters. The first-order chi connectivity index (χ1) is 4.63. The second-order valence-corrected chi connectivity index (χ2v) is 1.80. The highest BCUT2D eigenvalue weighted by Crippen LogP contribution is 1.87. The van der Waals surface area contributed by atoms with Gasteiger partial charge in [-0.25, -0.2) is 0 Å². The van der Waals surface area contributed by atoms with E-state index in [1.165, 1.54) is 0 Å². The standard InChI is InChI=1S/C5H11N3O2.BrH/c6-5(7)8-3-1-2-4(9)10;/h1-3H2,(H,9,10)(H4,6,7,8);1H. The third kappa shape index (κ3) is 12.4. The molecule has 0 heterocycles. The third-order valence-electron chi connectivity index (χ3n) is 0.843. The molecule has 0 rings (SSSR count). The van der Waals surface area contributed by atoms with Gasteiger partial charge in [0.25, 0.3) is 0 Å². The van der Waals surface area contributed by atoms with E-state index in [9.17, 15) is 4.79 Å². The van der Waals surface area contributed by atoms with E-state index in [2.05, 4.69) is 4.99 Å². The Kier molecular flexibility index (Phi) is 8.57. The number of carbonyl (C=O) groups is 1. The molecule has 66 valence electrons. The fourth-order valence-electron chi connectivity index (χ4n) is 0.438. The molecule has 0 atom stereocenters. The summed E-state index contributed by atoms with van der Waals surface area (Å²) < 4.78 is 0. The van der Waals surface area contributed by atoms with Gasteiger partial charge in [0.2, 0.25) is 0 Å². The van der Waals surface area contributed by atoms with Crippen LogP contribution in [0.25, 0.3) is 0 Å². The zero-order chi connectivity index (χ0) is 7.98. The summed E-state index contributed by atoms with van der Waals surface area (Å²) >= 11 is 0. The molecule has 0 aliphatic heterocycles. The van der Waals surface area contributed by atoms with Crippen LogP contribution in [-0.4, -0.2) is 23.6 Å². The largest absolute Gasteiger partial charge is 0.481 e. The molecule has 0 aromatic rings. The van der Waals surface area contributed by atoms with Crippen molar-refractivity contribution in [3.63, 3.8) is 0 Å². The van der Waals surface area contributed by atoms with E-state index in [-0.39, 0.29) is 29.4 Å². The van der Waals surface area contributed by atoms with Crippen LogP contribution in [0.1, 0.15) is 12.8 Å². The van der Waals surface area contributed by atoms with Crippen LogP contribution in [0.3, 0.4) is 0 Å². The predicted molar refractivity (Wildman–Crippen MR) is 47.9 cm³/mol. The van der Waals surface area contributed by atoms with E-state index in [1.54, 1.807) is 0 Å². The Hall–Kier alpha value is -0.780. The number of aliphatic carboxylic acids is 1. The van der Waals surface area contributed by atoms with Crippen LogP contribution in [0.5, 0.6) is 0 Å². The van der Waals surface area contributed by atoms with Crippen LogP contribution in [-0.2, 0) is 4.79 Å². The molecule has 5 N–H and O–H groups in total. The quantitative estimate of drug-likeness (QED) is 0.348. The number of carboxylic acids is 1. The second-order valence-electron chi connectivity index (χ2n) is 1.80. The average Bonchev–Trinajstić information content (AvgIpc) is 1.79. The molecule has 0 bridgehead atoms. The zero-order valence-corrected chi connectivity index (χ0v) is 7.70. The highest BCUT2D eigenvalue weighted by molar-refractivity contribution is 8.93. The molecule has 0 fully saturated rings. The van der Waals surface area contributed by atoms with Crippen molar-refractivity contribution in [2.75, 3.05) is 6.54 Å². The van der Waals surface area contributed by atoms with Gasteiger partial charge in [0.15, 0.2) is 5.96 Å². The maximum Gasteiger partial charge on any atom is 0.303 e. The van der Waals surface area contributed by atoms with E-state index in [0.29, 0.717) is 13.0 Å². The molecule has 0 aromatic carbocycles. The lowest BCUT2D eigenvalue weighted by Gasteiger charge is -1.91. The van der Waals surface area contributed by atoms with Crippen molar-refractivity contribution in [2.45, 2.75) is 12.8 Å². The van der Waals surface area contributed by atoms with Gasteiger partial charge >= 0.3 is 5.97 Å². The van der Waals surface area contributed by atoms with E-state index in [4.69, 9.17) is 16.6 Å². The number of guanidine groups is 1. The van der Waals surface area contributed by atoms with Crippen molar-refractivity contribution in [1.82, 2.24) is 0 Å². The lowest BCUT2D eigenvalue weighted by atomic mass is 10.3. The number of aliphatic imine (C=N–C) groups is 1. The number of carboxylic acid groups (broad SMARTS) is 1. The summed E-state index contributed by atoms with van der Waals surface area (Å²) in [4.78, 5) is 13.5. The Bertz CT molecular complexity index is 145. The molecule has 0 amide bonds. The van der Waals surface area contributed by atoms with E-state index >= 15 is 0 Å². The first-order valence-electron chi connectivity index (χ1n) is 2.90. The minimum absolute atomic E-state index is 0. The fraction of sp³-hybridized carbons (Fsp3) is 0.600. The number of nitrogens with two attached hydrogens (primary N) is 2. The molecular weight excluding hydrogens is 214 g/mol. The van der Waals surface area contributed by atoms with Crippen LogP contribution in [0.4, 0.5) is 0 Å². The Morgan fingerprint density at radius 2 is 2.00 bits per heavy atom. The van der Waals surface area contributed by atoms with E-state index in [0.717, 1.165) is 0 Å². The molecule has 0 radical (unpaired) electrons. The number of hydrogen-bond acceptors (Lipinski definition) is 2. The maximum absolute atomic E-state index is 9.93. The zero-order valence-electron chi connectivity index (χ0n) is 5.99. The maximum atomic E-state index is 9.93. The molecular formula is C5H12BrN3O2.